The van der Waals surface area contributed by atoms with Crippen molar-refractivity contribution >= 4 is 0 Å². The summed E-state index contributed by atoms with van der Waals surface area (Å²) in [7, 11) is 0. The lowest BCUT2D eigenvalue weighted by Gasteiger charge is -2.01. The van der Waals surface area contributed by atoms with Crippen molar-refractivity contribution in [3.05, 3.63) is 0 Å². The Kier molecular flexibility index (Phi) is 6.91. The van der Waals surface area contributed by atoms with E-state index in [2.05, 4.69) is 0 Å². The van der Waals surface area contributed by atoms with Crippen molar-refractivity contribution in [3.63, 3.8) is 0 Å². The molecule has 0 saturated carbocycles. The monoisotopic (exact) mass is 148 g/mol. The van der Waals surface area contributed by atoms with Gasteiger partial charge in [-0.05, 0) is 19.3 Å². The molecule has 62 valence electrons. The molecule has 0 heterocycles. The van der Waals surface area contributed by atoms with Gasteiger partial charge >= 0.3 is 0 Å². The number of hydrogen-bond acceptors (Lipinski definition) is 3. The summed E-state index contributed by atoms with van der Waals surface area (Å²) in [5.74, 6) is 0. The predicted octanol–water partition coefficient (Wildman–Crippen LogP) is 0.240. The second-order valence-electron chi connectivity index (χ2n) is 2.41. The Bertz CT molecular complexity index is 63.9. The topological polar surface area (TPSA) is 60.7 Å². The first-order chi connectivity index (χ1) is 4.77. The molecule has 0 fully saturated rings. The standard InChI is InChI=1S/C7H16O3/c8-6-4-2-1-3-5-7(9)10/h7-10H,1-6H2. The maximum absolute atomic E-state index is 8.42. The molecule has 0 aromatic heterocycles. The fourth-order valence-corrected chi connectivity index (χ4v) is 0.792. The van der Waals surface area contributed by atoms with Gasteiger partial charge < -0.3 is 15.3 Å². The van der Waals surface area contributed by atoms with E-state index in [1.807, 2.05) is 0 Å². The quantitative estimate of drug-likeness (QED) is 0.373. The van der Waals surface area contributed by atoms with Crippen molar-refractivity contribution in [1.29, 1.82) is 0 Å². The molecule has 0 aliphatic rings. The lowest BCUT2D eigenvalue weighted by Crippen LogP contribution is -2.02. The van der Waals surface area contributed by atoms with E-state index in [1.54, 1.807) is 0 Å². The molecular formula is C7H16O3. The average Bonchev–Trinajstić information content (AvgIpc) is 1.87. The van der Waals surface area contributed by atoms with Crippen molar-refractivity contribution in [2.24, 2.45) is 0 Å². The van der Waals surface area contributed by atoms with Gasteiger partial charge in [-0.2, -0.15) is 0 Å². The minimum atomic E-state index is -1.16. The molecule has 0 radical (unpaired) electrons. The molecule has 0 aromatic rings. The lowest BCUT2D eigenvalue weighted by molar-refractivity contribution is -0.0466. The van der Waals surface area contributed by atoms with Crippen LogP contribution in [-0.2, 0) is 0 Å². The maximum atomic E-state index is 8.42. The molecule has 0 rings (SSSR count). The highest BCUT2D eigenvalue weighted by molar-refractivity contribution is 4.44. The van der Waals surface area contributed by atoms with E-state index < -0.39 is 6.29 Å². The molecule has 10 heavy (non-hydrogen) atoms. The SMILES string of the molecule is OCCCCCCC(O)O. The van der Waals surface area contributed by atoms with E-state index in [0.717, 1.165) is 25.7 Å². The average molecular weight is 148 g/mol. The maximum Gasteiger partial charge on any atom is 0.151 e. The molecule has 0 aliphatic carbocycles. The fraction of sp³-hybridized carbons (Fsp3) is 1.00. The number of unbranched alkanes of at least 4 members (excludes halogenated alkanes) is 3. The molecule has 0 aromatic carbocycles. The Morgan fingerprint density at radius 2 is 1.50 bits per heavy atom. The van der Waals surface area contributed by atoms with Gasteiger partial charge in [-0.15, -0.1) is 0 Å². The van der Waals surface area contributed by atoms with Crippen LogP contribution in [0.4, 0.5) is 0 Å². The summed E-state index contributed by atoms with van der Waals surface area (Å²) in [5.41, 5.74) is 0. The number of aliphatic hydroxyl groups excluding tert-OH is 2. The van der Waals surface area contributed by atoms with Crippen LogP contribution in [0.5, 0.6) is 0 Å². The van der Waals surface area contributed by atoms with Crippen molar-refractivity contribution < 1.29 is 15.3 Å². The predicted molar refractivity (Wildman–Crippen MR) is 38.4 cm³/mol. The van der Waals surface area contributed by atoms with E-state index in [0.29, 0.717) is 6.42 Å². The zero-order chi connectivity index (χ0) is 7.82. The largest absolute Gasteiger partial charge is 0.396 e. The third kappa shape index (κ3) is 7.88. The zero-order valence-electron chi connectivity index (χ0n) is 6.16. The summed E-state index contributed by atoms with van der Waals surface area (Å²) >= 11 is 0. The first-order valence-electron chi connectivity index (χ1n) is 3.74. The second-order valence-corrected chi connectivity index (χ2v) is 2.41. The van der Waals surface area contributed by atoms with Crippen LogP contribution in [0.2, 0.25) is 0 Å². The van der Waals surface area contributed by atoms with E-state index in [1.165, 1.54) is 0 Å². The molecule has 0 saturated heterocycles. The van der Waals surface area contributed by atoms with Crippen LogP contribution in [-0.4, -0.2) is 28.2 Å². The summed E-state index contributed by atoms with van der Waals surface area (Å²) in [4.78, 5) is 0. The summed E-state index contributed by atoms with van der Waals surface area (Å²) in [6.07, 6.45) is 2.89. The van der Waals surface area contributed by atoms with Gasteiger partial charge in [0.25, 0.3) is 0 Å². The normalized spacial score (nSPS) is 10.8. The molecule has 3 N–H and O–H groups in total. The van der Waals surface area contributed by atoms with Crippen LogP contribution >= 0.6 is 0 Å². The van der Waals surface area contributed by atoms with Gasteiger partial charge in [-0.1, -0.05) is 12.8 Å². The zero-order valence-corrected chi connectivity index (χ0v) is 6.16. The first-order valence-corrected chi connectivity index (χ1v) is 3.74. The fourth-order valence-electron chi connectivity index (χ4n) is 0.792. The van der Waals surface area contributed by atoms with Crippen LogP contribution in [0.3, 0.4) is 0 Å². The van der Waals surface area contributed by atoms with E-state index >= 15 is 0 Å². The van der Waals surface area contributed by atoms with Gasteiger partial charge in [0.05, 0.1) is 0 Å². The van der Waals surface area contributed by atoms with Crippen LogP contribution in [0, 0.1) is 0 Å². The van der Waals surface area contributed by atoms with Crippen molar-refractivity contribution in [2.45, 2.75) is 38.4 Å². The van der Waals surface area contributed by atoms with Gasteiger partial charge in [-0.3, -0.25) is 0 Å². The van der Waals surface area contributed by atoms with Crippen molar-refractivity contribution in [2.75, 3.05) is 6.61 Å². The Hall–Kier alpha value is -0.120. The molecule has 3 heteroatoms. The Morgan fingerprint density at radius 1 is 0.900 bits per heavy atom. The molecule has 0 unspecified atom stereocenters. The Balaban J connectivity index is 2.77. The molecule has 0 bridgehead atoms. The second kappa shape index (κ2) is 6.99. The van der Waals surface area contributed by atoms with Crippen LogP contribution in [0.25, 0.3) is 0 Å². The third-order valence-corrected chi connectivity index (χ3v) is 1.37. The summed E-state index contributed by atoms with van der Waals surface area (Å²) < 4.78 is 0. The van der Waals surface area contributed by atoms with Gasteiger partial charge in [0, 0.05) is 6.61 Å². The van der Waals surface area contributed by atoms with Gasteiger partial charge in [0.2, 0.25) is 0 Å². The lowest BCUT2D eigenvalue weighted by atomic mass is 10.1. The van der Waals surface area contributed by atoms with E-state index in [4.69, 9.17) is 15.3 Å². The highest BCUT2D eigenvalue weighted by Crippen LogP contribution is 2.03. The minimum absolute atomic E-state index is 0.238. The summed E-state index contributed by atoms with van der Waals surface area (Å²) in [6, 6.07) is 0. The molecule has 3 nitrogen and oxygen atoms in total. The van der Waals surface area contributed by atoms with Crippen LogP contribution in [0.15, 0.2) is 0 Å². The molecule has 0 atom stereocenters. The molecule has 0 aliphatic heterocycles. The molecular weight excluding hydrogens is 132 g/mol. The van der Waals surface area contributed by atoms with E-state index in [-0.39, 0.29) is 6.61 Å². The minimum Gasteiger partial charge on any atom is -0.396 e. The Morgan fingerprint density at radius 3 is 2.00 bits per heavy atom. The van der Waals surface area contributed by atoms with Crippen molar-refractivity contribution in [3.8, 4) is 0 Å². The number of aliphatic hydroxyl groups is 3. The van der Waals surface area contributed by atoms with E-state index in [9.17, 15) is 0 Å². The smallest absolute Gasteiger partial charge is 0.151 e. The summed E-state index contributed by atoms with van der Waals surface area (Å²) in [5, 5.41) is 25.2. The number of hydrogen-bond donors (Lipinski definition) is 3. The number of rotatable bonds is 6. The van der Waals surface area contributed by atoms with Gasteiger partial charge in [0.1, 0.15) is 0 Å². The molecule has 0 spiro atoms. The third-order valence-electron chi connectivity index (χ3n) is 1.37. The molecule has 0 amide bonds. The van der Waals surface area contributed by atoms with Crippen molar-refractivity contribution in [1.82, 2.24) is 0 Å². The highest BCUT2D eigenvalue weighted by atomic mass is 16.5. The van der Waals surface area contributed by atoms with Gasteiger partial charge in [-0.25, -0.2) is 0 Å². The van der Waals surface area contributed by atoms with Crippen LogP contribution in [0.1, 0.15) is 32.1 Å². The van der Waals surface area contributed by atoms with Crippen LogP contribution < -0.4 is 0 Å². The summed E-state index contributed by atoms with van der Waals surface area (Å²) in [6.45, 7) is 0.238. The Labute approximate surface area is 61.3 Å². The highest BCUT2D eigenvalue weighted by Gasteiger charge is 1.95. The van der Waals surface area contributed by atoms with Gasteiger partial charge in [0.15, 0.2) is 6.29 Å². The first kappa shape index (κ1) is 9.88.